The molecule has 1 aromatic carbocycles. The fraction of sp³-hybridized carbons (Fsp3) is 0.318. The lowest BCUT2D eigenvalue weighted by atomic mass is 10.2. The van der Waals surface area contributed by atoms with Gasteiger partial charge in [-0.05, 0) is 30.7 Å². The molecule has 0 spiro atoms. The van der Waals surface area contributed by atoms with Gasteiger partial charge in [-0.3, -0.25) is 0 Å². The van der Waals surface area contributed by atoms with Crippen LogP contribution in [0.5, 0.6) is 11.6 Å². The summed E-state index contributed by atoms with van der Waals surface area (Å²) in [6.45, 7) is 2.40. The molecule has 0 aliphatic carbocycles. The third-order valence-electron chi connectivity index (χ3n) is 4.37. The lowest BCUT2D eigenvalue weighted by Gasteiger charge is -2.06. The smallest absolute Gasteiger partial charge is 0.359 e. The highest BCUT2D eigenvalue weighted by Gasteiger charge is 2.18. The molecule has 1 N–H and O–H groups in total. The summed E-state index contributed by atoms with van der Waals surface area (Å²) in [7, 11) is 1.63. The number of carbonyl (C=O) groups excluding carboxylic acids is 1. The van der Waals surface area contributed by atoms with E-state index >= 15 is 0 Å². The maximum Gasteiger partial charge on any atom is 0.359 e. The zero-order valence-electron chi connectivity index (χ0n) is 17.5. The maximum absolute atomic E-state index is 12.4. The first kappa shape index (κ1) is 22.2. The average Bonchev–Trinajstić information content (AvgIpc) is 3.23. The molecule has 0 atom stereocenters. The molecule has 0 radical (unpaired) electrons. The number of esters is 1. The Hall–Kier alpha value is -3.46. The predicted octanol–water partition coefficient (Wildman–Crippen LogP) is 3.09. The minimum Gasteiger partial charge on any atom is -0.497 e. The molecule has 3 rings (SSSR count). The van der Waals surface area contributed by atoms with Crippen LogP contribution < -0.4 is 14.8 Å². The van der Waals surface area contributed by atoms with Gasteiger partial charge in [-0.15, -0.1) is 0 Å². The molecule has 8 nitrogen and oxygen atoms in total. The zero-order chi connectivity index (χ0) is 22.1. The van der Waals surface area contributed by atoms with Crippen molar-refractivity contribution in [1.82, 2.24) is 20.1 Å². The predicted molar refractivity (Wildman–Crippen MR) is 112 cm³/mol. The Morgan fingerprint density at radius 3 is 2.61 bits per heavy atom. The Kier molecular flexibility index (Phi) is 7.94. The summed E-state index contributed by atoms with van der Waals surface area (Å²) in [6, 6.07) is 11.1. The number of ether oxygens (including phenoxy) is 3. The van der Waals surface area contributed by atoms with Gasteiger partial charge in [0.1, 0.15) is 19.0 Å². The van der Waals surface area contributed by atoms with Crippen LogP contribution in [0.2, 0.25) is 0 Å². The molecule has 0 fully saturated rings. The molecule has 0 aliphatic heterocycles. The number of alkyl halides is 1. The van der Waals surface area contributed by atoms with Gasteiger partial charge in [0.2, 0.25) is 5.88 Å². The van der Waals surface area contributed by atoms with Gasteiger partial charge in [0.15, 0.2) is 5.69 Å². The van der Waals surface area contributed by atoms with Crippen molar-refractivity contribution >= 4 is 5.97 Å². The van der Waals surface area contributed by atoms with E-state index in [0.717, 1.165) is 11.3 Å². The van der Waals surface area contributed by atoms with E-state index in [2.05, 4.69) is 15.4 Å². The minimum atomic E-state index is -0.585. The summed E-state index contributed by atoms with van der Waals surface area (Å²) in [4.78, 5) is 16.5. The first-order valence-corrected chi connectivity index (χ1v) is 9.89. The van der Waals surface area contributed by atoms with Crippen molar-refractivity contribution in [2.24, 2.45) is 0 Å². The van der Waals surface area contributed by atoms with Gasteiger partial charge in [0.25, 0.3) is 0 Å². The van der Waals surface area contributed by atoms with Crippen LogP contribution in [-0.2, 0) is 17.8 Å². The van der Waals surface area contributed by atoms with Crippen LogP contribution in [0.3, 0.4) is 0 Å². The van der Waals surface area contributed by atoms with Gasteiger partial charge in [0, 0.05) is 30.9 Å². The Balaban J connectivity index is 1.73. The van der Waals surface area contributed by atoms with Crippen molar-refractivity contribution < 1.29 is 23.4 Å². The Morgan fingerprint density at radius 2 is 1.97 bits per heavy atom. The van der Waals surface area contributed by atoms with Crippen LogP contribution in [0.1, 0.15) is 28.5 Å². The van der Waals surface area contributed by atoms with Crippen molar-refractivity contribution in [1.29, 1.82) is 0 Å². The molecule has 0 amide bonds. The normalized spacial score (nSPS) is 10.7. The highest BCUT2D eigenvalue weighted by Crippen LogP contribution is 2.16. The summed E-state index contributed by atoms with van der Waals surface area (Å²) in [5.41, 5.74) is 2.66. The summed E-state index contributed by atoms with van der Waals surface area (Å²) >= 11 is 0. The van der Waals surface area contributed by atoms with Crippen molar-refractivity contribution in [2.45, 2.75) is 20.0 Å². The fourth-order valence-electron chi connectivity index (χ4n) is 2.86. The van der Waals surface area contributed by atoms with Crippen LogP contribution in [0, 0.1) is 0 Å². The fourth-order valence-corrected chi connectivity index (χ4v) is 2.86. The van der Waals surface area contributed by atoms with Crippen molar-refractivity contribution in [3.63, 3.8) is 0 Å². The SMILES string of the molecule is CCOC(=O)c1nn(-c2ccc(OCCF)nc2)cc1CNCc1ccc(OC)cc1. The van der Waals surface area contributed by atoms with Gasteiger partial charge in [-0.2, -0.15) is 5.10 Å². The molecule has 164 valence electrons. The highest BCUT2D eigenvalue weighted by molar-refractivity contribution is 5.88. The largest absolute Gasteiger partial charge is 0.497 e. The van der Waals surface area contributed by atoms with E-state index in [1.807, 2.05) is 24.3 Å². The van der Waals surface area contributed by atoms with Crippen LogP contribution in [0.15, 0.2) is 48.8 Å². The van der Waals surface area contributed by atoms with Crippen LogP contribution in [0.25, 0.3) is 5.69 Å². The Bertz CT molecular complexity index is 974. The number of halogens is 1. The lowest BCUT2D eigenvalue weighted by Crippen LogP contribution is -2.16. The van der Waals surface area contributed by atoms with E-state index in [1.165, 1.54) is 0 Å². The average molecular weight is 428 g/mol. The molecule has 0 aliphatic rings. The first-order chi connectivity index (χ1) is 15.1. The highest BCUT2D eigenvalue weighted by atomic mass is 19.1. The summed E-state index contributed by atoms with van der Waals surface area (Å²) in [5, 5.41) is 7.70. The van der Waals surface area contributed by atoms with Crippen molar-refractivity contribution in [3.8, 4) is 17.3 Å². The third-order valence-corrected chi connectivity index (χ3v) is 4.37. The molecule has 2 aromatic heterocycles. The van der Waals surface area contributed by atoms with Gasteiger partial charge >= 0.3 is 5.97 Å². The van der Waals surface area contributed by atoms with Gasteiger partial charge in [-0.25, -0.2) is 18.9 Å². The van der Waals surface area contributed by atoms with E-state index in [1.54, 1.807) is 43.2 Å². The molecule has 2 heterocycles. The number of aromatic nitrogens is 3. The van der Waals surface area contributed by atoms with Gasteiger partial charge < -0.3 is 19.5 Å². The zero-order valence-corrected chi connectivity index (χ0v) is 17.5. The summed E-state index contributed by atoms with van der Waals surface area (Å²) in [5.74, 6) is 0.628. The summed E-state index contributed by atoms with van der Waals surface area (Å²) in [6.07, 6.45) is 3.30. The van der Waals surface area contributed by atoms with Crippen LogP contribution in [0.4, 0.5) is 4.39 Å². The quantitative estimate of drug-likeness (QED) is 0.470. The number of pyridine rings is 1. The van der Waals surface area contributed by atoms with E-state index in [0.29, 0.717) is 30.2 Å². The molecular formula is C22H25FN4O4. The monoisotopic (exact) mass is 428 g/mol. The van der Waals surface area contributed by atoms with Gasteiger partial charge in [-0.1, -0.05) is 12.1 Å². The molecule has 9 heteroatoms. The molecule has 0 saturated carbocycles. The number of nitrogens with zero attached hydrogens (tertiary/aromatic N) is 3. The number of rotatable bonds is 11. The Morgan fingerprint density at radius 1 is 1.16 bits per heavy atom. The van der Waals surface area contributed by atoms with E-state index in [9.17, 15) is 9.18 Å². The molecule has 3 aromatic rings. The summed E-state index contributed by atoms with van der Waals surface area (Å²) < 4.78 is 29.2. The first-order valence-electron chi connectivity index (χ1n) is 9.89. The lowest BCUT2D eigenvalue weighted by molar-refractivity contribution is 0.0517. The second-order valence-corrected chi connectivity index (χ2v) is 6.51. The maximum atomic E-state index is 12.4. The second kappa shape index (κ2) is 11.1. The van der Waals surface area contributed by atoms with Crippen LogP contribution >= 0.6 is 0 Å². The number of methoxy groups -OCH3 is 1. The number of hydrogen-bond acceptors (Lipinski definition) is 7. The van der Waals surface area contributed by atoms with Gasteiger partial charge in [0.05, 0.1) is 25.6 Å². The molecule has 0 unspecified atom stereocenters. The number of benzene rings is 1. The minimum absolute atomic E-state index is 0.0505. The van der Waals surface area contributed by atoms with E-state index in [-0.39, 0.29) is 18.9 Å². The van der Waals surface area contributed by atoms with E-state index < -0.39 is 12.6 Å². The number of carbonyl (C=O) groups is 1. The molecule has 31 heavy (non-hydrogen) atoms. The molecule has 0 bridgehead atoms. The standard InChI is InChI=1S/C22H25FN4O4/c1-3-30-22(28)21-17(13-24-12-16-4-7-19(29-2)8-5-16)15-27(26-21)18-6-9-20(25-14-18)31-11-10-23/h4-9,14-15,24H,3,10-13H2,1-2H3. The topological polar surface area (TPSA) is 87.5 Å². The second-order valence-electron chi connectivity index (χ2n) is 6.51. The van der Waals surface area contributed by atoms with Crippen LogP contribution in [-0.4, -0.2) is 47.7 Å². The van der Waals surface area contributed by atoms with Crippen molar-refractivity contribution in [2.75, 3.05) is 27.0 Å². The molecular weight excluding hydrogens is 403 g/mol. The van der Waals surface area contributed by atoms with E-state index in [4.69, 9.17) is 14.2 Å². The Labute approximate surface area is 180 Å². The molecule has 0 saturated heterocycles. The number of hydrogen-bond donors (Lipinski definition) is 1. The third kappa shape index (κ3) is 6.02. The van der Waals surface area contributed by atoms with Crippen molar-refractivity contribution in [3.05, 3.63) is 65.6 Å². The number of nitrogens with one attached hydrogen (secondary N) is 1.